The minimum absolute atomic E-state index is 0. The van der Waals surface area contributed by atoms with Crippen LogP contribution in [0.3, 0.4) is 0 Å². The van der Waals surface area contributed by atoms with Gasteiger partial charge in [-0.25, -0.2) is 0 Å². The van der Waals surface area contributed by atoms with Gasteiger partial charge in [0.2, 0.25) is 0 Å². The van der Waals surface area contributed by atoms with Crippen molar-refractivity contribution in [1.29, 1.82) is 0 Å². The van der Waals surface area contributed by atoms with Crippen molar-refractivity contribution >= 4 is 0 Å². The molecule has 0 bridgehead atoms. The smallest absolute Gasteiger partial charge is 0.189 e. The Hall–Kier alpha value is 0.190. The molecule has 1 saturated heterocycles. The van der Waals surface area contributed by atoms with Crippen LogP contribution >= 0.6 is 0 Å². The molecule has 0 saturated carbocycles. The third-order valence-corrected chi connectivity index (χ3v) is 2.05. The van der Waals surface area contributed by atoms with Crippen molar-refractivity contribution in [1.82, 2.24) is 0 Å². The Balaban J connectivity index is 0.00000169. The maximum absolute atomic E-state index is 5.42. The highest BCUT2D eigenvalue weighted by Gasteiger charge is 2.32. The molecule has 0 aromatic carbocycles. The summed E-state index contributed by atoms with van der Waals surface area (Å²) in [6.45, 7) is 5.40. The third kappa shape index (κ3) is 4.14. The highest BCUT2D eigenvalue weighted by Crippen LogP contribution is 2.27. The van der Waals surface area contributed by atoms with E-state index in [1.807, 2.05) is 13.8 Å². The minimum Gasteiger partial charge on any atom is -1.00 e. The summed E-state index contributed by atoms with van der Waals surface area (Å²) >= 11 is 0. The molecule has 84 valence electrons. The largest absolute Gasteiger partial charge is 1.00 e. The lowest BCUT2D eigenvalue weighted by atomic mass is 10.1. The van der Waals surface area contributed by atoms with Crippen LogP contribution in [0.1, 0.15) is 13.8 Å². The lowest BCUT2D eigenvalue weighted by molar-refractivity contribution is -0.864. The number of hydrogen-bond donors (Lipinski definition) is 0. The van der Waals surface area contributed by atoms with Crippen molar-refractivity contribution in [2.45, 2.75) is 19.4 Å². The Bertz CT molecular complexity index is 219. The second kappa shape index (κ2) is 4.81. The first-order chi connectivity index (χ1) is 5.81. The molecule has 0 atom stereocenters. The molecule has 0 unspecified atom stereocenters. The van der Waals surface area contributed by atoms with Crippen molar-refractivity contribution in [3.8, 4) is 0 Å². The fraction of sp³-hybridized carbons (Fsp3) is 0.800. The molecule has 1 heterocycles. The number of likely N-dealkylation sites (N-methyl/N-ethyl adjacent to an activating group) is 1. The van der Waals surface area contributed by atoms with Gasteiger partial charge in [-0.15, -0.1) is 0 Å². The zero-order chi connectivity index (χ0) is 10.1. The summed E-state index contributed by atoms with van der Waals surface area (Å²) in [4.78, 5) is 0. The summed E-state index contributed by atoms with van der Waals surface area (Å²) < 4.78 is 11.7. The lowest BCUT2D eigenvalue weighted by Crippen LogP contribution is -3.00. The van der Waals surface area contributed by atoms with Gasteiger partial charge in [-0.3, -0.25) is 0 Å². The van der Waals surface area contributed by atoms with Crippen LogP contribution < -0.4 is 24.0 Å². The second-order valence-electron chi connectivity index (χ2n) is 4.96. The van der Waals surface area contributed by atoms with E-state index >= 15 is 0 Å². The number of halogens is 1. The van der Waals surface area contributed by atoms with Crippen LogP contribution in [0.15, 0.2) is 11.8 Å². The fourth-order valence-electron chi connectivity index (χ4n) is 1.15. The zero-order valence-electron chi connectivity index (χ0n) is 9.63. The first kappa shape index (κ1) is 14.2. The van der Waals surface area contributed by atoms with Crippen molar-refractivity contribution in [2.75, 3.05) is 34.5 Å². The van der Waals surface area contributed by atoms with E-state index in [-0.39, 0.29) is 29.6 Å². The van der Waals surface area contributed by atoms with Crippen LogP contribution in [-0.2, 0) is 9.47 Å². The summed E-state index contributed by atoms with van der Waals surface area (Å²) in [6, 6.07) is 0. The molecular formula is C10H20INO2. The van der Waals surface area contributed by atoms with E-state index in [2.05, 4.69) is 27.2 Å². The molecule has 1 aliphatic heterocycles. The van der Waals surface area contributed by atoms with E-state index < -0.39 is 0 Å². The van der Waals surface area contributed by atoms with E-state index in [0.29, 0.717) is 6.79 Å². The molecule has 0 amide bonds. The van der Waals surface area contributed by atoms with E-state index in [4.69, 9.17) is 9.47 Å². The molecule has 0 aromatic heterocycles. The van der Waals surface area contributed by atoms with Gasteiger partial charge in [0.05, 0.1) is 21.1 Å². The van der Waals surface area contributed by atoms with Crippen LogP contribution in [0.2, 0.25) is 0 Å². The Kier molecular flexibility index (Phi) is 4.87. The van der Waals surface area contributed by atoms with Crippen LogP contribution in [0.4, 0.5) is 0 Å². The second-order valence-corrected chi connectivity index (χ2v) is 4.96. The van der Waals surface area contributed by atoms with Crippen molar-refractivity contribution in [2.24, 2.45) is 0 Å². The quantitative estimate of drug-likeness (QED) is 0.450. The number of quaternary nitrogens is 1. The first-order valence-corrected chi connectivity index (χ1v) is 4.59. The molecule has 4 heteroatoms. The summed E-state index contributed by atoms with van der Waals surface area (Å²) in [5, 5.41) is 0. The maximum Gasteiger partial charge on any atom is 0.189 e. The fourth-order valence-corrected chi connectivity index (χ4v) is 1.15. The standard InChI is InChI=1S/C10H20NO2.HI/c1-10(2)9(12-8-13-10)6-7-11(3,4)5;/h6H,7-8H2,1-5H3;1H/q+1;/p-1/b9-6-;. The molecule has 1 aliphatic rings. The van der Waals surface area contributed by atoms with Crippen molar-refractivity contribution in [3.63, 3.8) is 0 Å². The molecule has 3 nitrogen and oxygen atoms in total. The predicted molar refractivity (Wildman–Crippen MR) is 52.1 cm³/mol. The highest BCUT2D eigenvalue weighted by atomic mass is 127. The van der Waals surface area contributed by atoms with Gasteiger partial charge >= 0.3 is 0 Å². The molecule has 0 spiro atoms. The summed E-state index contributed by atoms with van der Waals surface area (Å²) in [6.07, 6.45) is 2.12. The number of hydrogen-bond acceptors (Lipinski definition) is 2. The minimum atomic E-state index is -0.241. The SMILES string of the molecule is CC1(C)OCO/C1=C\C[N+](C)(C)C.[I-]. The lowest BCUT2D eigenvalue weighted by Gasteiger charge is -2.23. The molecule has 0 aliphatic carbocycles. The molecule has 1 fully saturated rings. The summed E-state index contributed by atoms with van der Waals surface area (Å²) in [5.41, 5.74) is -0.241. The van der Waals surface area contributed by atoms with Crippen LogP contribution in [0, 0.1) is 0 Å². The van der Waals surface area contributed by atoms with Gasteiger partial charge in [0.25, 0.3) is 0 Å². The van der Waals surface area contributed by atoms with Gasteiger partial charge < -0.3 is 37.9 Å². The van der Waals surface area contributed by atoms with E-state index in [1.54, 1.807) is 0 Å². The Labute approximate surface area is 104 Å². The van der Waals surface area contributed by atoms with Crippen molar-refractivity contribution in [3.05, 3.63) is 11.8 Å². The highest BCUT2D eigenvalue weighted by molar-refractivity contribution is 5.09. The topological polar surface area (TPSA) is 18.5 Å². The molecule has 0 radical (unpaired) electrons. The molecular weight excluding hydrogens is 293 g/mol. The summed E-state index contributed by atoms with van der Waals surface area (Å²) in [5.74, 6) is 0.959. The van der Waals surface area contributed by atoms with Gasteiger partial charge in [0.1, 0.15) is 17.9 Å². The Morgan fingerprint density at radius 2 is 1.93 bits per heavy atom. The van der Waals surface area contributed by atoms with E-state index in [0.717, 1.165) is 16.8 Å². The number of nitrogens with zero attached hydrogens (tertiary/aromatic N) is 1. The molecule has 0 N–H and O–H groups in total. The molecule has 1 rings (SSSR count). The third-order valence-electron chi connectivity index (χ3n) is 2.05. The summed E-state index contributed by atoms with van der Waals surface area (Å²) in [7, 11) is 6.46. The van der Waals surface area contributed by atoms with Gasteiger partial charge in [-0.1, -0.05) is 0 Å². The van der Waals surface area contributed by atoms with Gasteiger partial charge in [-0.2, -0.15) is 0 Å². The maximum atomic E-state index is 5.42. The number of rotatable bonds is 2. The van der Waals surface area contributed by atoms with Gasteiger partial charge in [0.15, 0.2) is 6.79 Å². The van der Waals surface area contributed by atoms with Crippen LogP contribution in [0.25, 0.3) is 0 Å². The van der Waals surface area contributed by atoms with Gasteiger partial charge in [-0.05, 0) is 13.8 Å². The Morgan fingerprint density at radius 3 is 2.29 bits per heavy atom. The van der Waals surface area contributed by atoms with E-state index in [9.17, 15) is 0 Å². The molecule has 0 aromatic rings. The average molecular weight is 313 g/mol. The van der Waals surface area contributed by atoms with E-state index in [1.165, 1.54) is 0 Å². The van der Waals surface area contributed by atoms with Crippen LogP contribution in [0.5, 0.6) is 0 Å². The zero-order valence-corrected chi connectivity index (χ0v) is 11.8. The predicted octanol–water partition coefficient (Wildman–Crippen LogP) is -1.64. The normalized spacial score (nSPS) is 23.1. The monoisotopic (exact) mass is 313 g/mol. The van der Waals surface area contributed by atoms with Crippen LogP contribution in [-0.4, -0.2) is 44.6 Å². The number of ether oxygens (including phenoxy) is 2. The first-order valence-electron chi connectivity index (χ1n) is 4.59. The van der Waals surface area contributed by atoms with Crippen molar-refractivity contribution < 1.29 is 37.9 Å². The van der Waals surface area contributed by atoms with Gasteiger partial charge in [0, 0.05) is 6.08 Å². The average Bonchev–Trinajstić information content (AvgIpc) is 2.23. The molecule has 14 heavy (non-hydrogen) atoms. The Morgan fingerprint density at radius 1 is 1.36 bits per heavy atom.